The summed E-state index contributed by atoms with van der Waals surface area (Å²) in [5.41, 5.74) is 0. The van der Waals surface area contributed by atoms with Crippen LogP contribution in [0.15, 0.2) is 0 Å². The zero-order valence-electron chi connectivity index (χ0n) is 6.16. The minimum absolute atomic E-state index is 0.346. The zero-order valence-corrected chi connectivity index (χ0v) is 7.74. The van der Waals surface area contributed by atoms with E-state index in [2.05, 4.69) is 0 Å². The molecule has 2 unspecified atom stereocenters. The Labute approximate surface area is 74.0 Å². The molecule has 5 heteroatoms. The van der Waals surface area contributed by atoms with Crippen LogP contribution in [0.3, 0.4) is 0 Å². The molecule has 1 fully saturated rings. The Balaban J connectivity index is 2.37. The number of likely N-dealkylation sites (tertiary alicyclic amines) is 1. The van der Waals surface area contributed by atoms with Crippen LogP contribution in [0.2, 0.25) is 0 Å². The number of rotatable bonds is 4. The summed E-state index contributed by atoms with van der Waals surface area (Å²) in [6.07, 6.45) is 1.65. The molecule has 0 N–H and O–H groups in total. The van der Waals surface area contributed by atoms with Crippen LogP contribution in [0.1, 0.15) is 12.8 Å². The van der Waals surface area contributed by atoms with Crippen molar-refractivity contribution < 1.29 is 8.76 Å². The van der Waals surface area contributed by atoms with Crippen LogP contribution in [0, 0.1) is 0 Å². The molecule has 1 saturated heterocycles. The molecule has 1 heterocycles. The Bertz CT molecular complexity index is 152. The lowest BCUT2D eigenvalue weighted by Gasteiger charge is -2.39. The second kappa shape index (κ2) is 4.40. The fourth-order valence-corrected chi connectivity index (χ4v) is 2.22. The highest BCUT2D eigenvalue weighted by Crippen LogP contribution is 2.16. The first-order chi connectivity index (χ1) is 5.25. The number of halogens is 1. The van der Waals surface area contributed by atoms with E-state index in [1.807, 2.05) is 4.90 Å². The molecule has 0 radical (unpaired) electrons. The average Bonchev–Trinajstić information content (AvgIpc) is 1.82. The van der Waals surface area contributed by atoms with Crippen molar-refractivity contribution in [3.05, 3.63) is 0 Å². The summed E-state index contributed by atoms with van der Waals surface area (Å²) in [5, 5.41) is -0.346. The SMILES string of the molecule is O=S([O-])C(CCCl)N1CCC1. The van der Waals surface area contributed by atoms with Gasteiger partial charge in [0, 0.05) is 19.0 Å². The van der Waals surface area contributed by atoms with Crippen molar-refractivity contribution in [1.29, 1.82) is 0 Å². The molecule has 0 saturated carbocycles. The van der Waals surface area contributed by atoms with Crippen LogP contribution in [0.25, 0.3) is 0 Å². The summed E-state index contributed by atoms with van der Waals surface area (Å²) >= 11 is 3.48. The lowest BCUT2D eigenvalue weighted by atomic mass is 10.2. The first-order valence-corrected chi connectivity index (χ1v) is 5.31. The lowest BCUT2D eigenvalue weighted by molar-refractivity contribution is 0.155. The van der Waals surface area contributed by atoms with Crippen LogP contribution in [0.5, 0.6) is 0 Å². The highest BCUT2D eigenvalue weighted by atomic mass is 35.5. The molecule has 11 heavy (non-hydrogen) atoms. The molecule has 1 aliphatic rings. The third kappa shape index (κ3) is 2.40. The summed E-state index contributed by atoms with van der Waals surface area (Å²) in [7, 11) is 0. The van der Waals surface area contributed by atoms with E-state index in [1.54, 1.807) is 0 Å². The van der Waals surface area contributed by atoms with Gasteiger partial charge in [0.1, 0.15) is 0 Å². The van der Waals surface area contributed by atoms with Gasteiger partial charge in [0.15, 0.2) is 0 Å². The van der Waals surface area contributed by atoms with Crippen LogP contribution in [0.4, 0.5) is 0 Å². The molecular formula is C6H11ClNO2S-. The second-order valence-corrected chi connectivity index (χ2v) is 4.03. The summed E-state index contributed by atoms with van der Waals surface area (Å²) in [6.45, 7) is 1.80. The minimum atomic E-state index is -1.99. The number of hydrogen-bond donors (Lipinski definition) is 0. The van der Waals surface area contributed by atoms with Crippen LogP contribution in [-0.4, -0.2) is 38.0 Å². The molecule has 1 aliphatic heterocycles. The van der Waals surface area contributed by atoms with Gasteiger partial charge in [-0.15, -0.1) is 11.6 Å². The predicted octanol–water partition coefficient (Wildman–Crippen LogP) is 0.526. The van der Waals surface area contributed by atoms with Gasteiger partial charge in [0.2, 0.25) is 0 Å². The summed E-state index contributed by atoms with van der Waals surface area (Å²) < 4.78 is 21.2. The third-order valence-electron chi connectivity index (χ3n) is 1.88. The minimum Gasteiger partial charge on any atom is -0.771 e. The highest BCUT2D eigenvalue weighted by molar-refractivity contribution is 7.79. The van der Waals surface area contributed by atoms with E-state index in [4.69, 9.17) is 11.6 Å². The van der Waals surface area contributed by atoms with Gasteiger partial charge in [-0.1, -0.05) is 0 Å². The fourth-order valence-electron chi connectivity index (χ4n) is 1.12. The molecular weight excluding hydrogens is 186 g/mol. The Hall–Kier alpha value is 0.360. The molecule has 3 nitrogen and oxygen atoms in total. The van der Waals surface area contributed by atoms with Crippen molar-refractivity contribution in [2.24, 2.45) is 0 Å². The third-order valence-corrected chi connectivity index (χ3v) is 3.07. The molecule has 0 aliphatic carbocycles. The van der Waals surface area contributed by atoms with Gasteiger partial charge in [-0.3, -0.25) is 9.11 Å². The van der Waals surface area contributed by atoms with Crippen molar-refractivity contribution in [2.75, 3.05) is 19.0 Å². The van der Waals surface area contributed by atoms with Crippen LogP contribution in [-0.2, 0) is 11.1 Å². The summed E-state index contributed by atoms with van der Waals surface area (Å²) in [4.78, 5) is 1.94. The van der Waals surface area contributed by atoms with E-state index in [9.17, 15) is 8.76 Å². The molecule has 0 amide bonds. The van der Waals surface area contributed by atoms with Crippen LogP contribution >= 0.6 is 11.6 Å². The number of alkyl halides is 1. The van der Waals surface area contributed by atoms with Crippen molar-refractivity contribution >= 4 is 22.7 Å². The molecule has 0 aromatic rings. The van der Waals surface area contributed by atoms with E-state index < -0.39 is 11.1 Å². The lowest BCUT2D eigenvalue weighted by Crippen LogP contribution is -2.47. The van der Waals surface area contributed by atoms with Crippen molar-refractivity contribution in [3.8, 4) is 0 Å². The maximum absolute atomic E-state index is 10.6. The predicted molar refractivity (Wildman–Crippen MR) is 44.2 cm³/mol. The molecule has 0 bridgehead atoms. The second-order valence-electron chi connectivity index (χ2n) is 2.58. The molecule has 1 rings (SSSR count). The van der Waals surface area contributed by atoms with Gasteiger partial charge >= 0.3 is 0 Å². The fraction of sp³-hybridized carbons (Fsp3) is 1.00. The standard InChI is InChI=1S/C6H12ClNO2S/c7-3-2-6(11(9)10)8-4-1-5-8/h6H,1-5H2,(H,9,10)/p-1. The summed E-state index contributed by atoms with van der Waals surface area (Å²) in [5.74, 6) is 0.412. The van der Waals surface area contributed by atoms with E-state index in [0.29, 0.717) is 12.3 Å². The van der Waals surface area contributed by atoms with E-state index >= 15 is 0 Å². The first kappa shape index (κ1) is 9.45. The Morgan fingerprint density at radius 3 is 2.55 bits per heavy atom. The Morgan fingerprint density at radius 1 is 1.64 bits per heavy atom. The first-order valence-electron chi connectivity index (χ1n) is 3.64. The number of nitrogens with zero attached hydrogens (tertiary/aromatic N) is 1. The Kier molecular flexibility index (Phi) is 3.78. The highest BCUT2D eigenvalue weighted by Gasteiger charge is 2.23. The molecule has 0 spiro atoms. The van der Waals surface area contributed by atoms with Crippen molar-refractivity contribution in [2.45, 2.75) is 18.2 Å². The molecule has 0 aromatic carbocycles. The maximum Gasteiger partial charge on any atom is 0.0737 e. The maximum atomic E-state index is 10.6. The largest absolute Gasteiger partial charge is 0.771 e. The van der Waals surface area contributed by atoms with Crippen molar-refractivity contribution in [3.63, 3.8) is 0 Å². The van der Waals surface area contributed by atoms with E-state index in [1.165, 1.54) is 0 Å². The summed E-state index contributed by atoms with van der Waals surface area (Å²) in [6, 6.07) is 0. The van der Waals surface area contributed by atoms with Gasteiger partial charge < -0.3 is 4.55 Å². The normalized spacial score (nSPS) is 24.2. The zero-order chi connectivity index (χ0) is 8.27. The van der Waals surface area contributed by atoms with Crippen molar-refractivity contribution in [1.82, 2.24) is 4.90 Å². The molecule has 66 valence electrons. The van der Waals surface area contributed by atoms with Gasteiger partial charge in [-0.25, -0.2) is 0 Å². The average molecular weight is 197 g/mol. The van der Waals surface area contributed by atoms with Gasteiger partial charge in [-0.2, -0.15) is 0 Å². The topological polar surface area (TPSA) is 43.4 Å². The Morgan fingerprint density at radius 2 is 2.27 bits per heavy atom. The van der Waals surface area contributed by atoms with E-state index in [-0.39, 0.29) is 5.37 Å². The smallest absolute Gasteiger partial charge is 0.0737 e. The number of hydrogen-bond acceptors (Lipinski definition) is 3. The van der Waals surface area contributed by atoms with Gasteiger partial charge in [0.05, 0.1) is 5.37 Å². The van der Waals surface area contributed by atoms with Gasteiger partial charge in [0.25, 0.3) is 0 Å². The monoisotopic (exact) mass is 196 g/mol. The quantitative estimate of drug-likeness (QED) is 0.487. The van der Waals surface area contributed by atoms with Gasteiger partial charge in [-0.05, 0) is 23.9 Å². The molecule has 0 aromatic heterocycles. The van der Waals surface area contributed by atoms with E-state index in [0.717, 1.165) is 19.5 Å². The molecule has 2 atom stereocenters. The van der Waals surface area contributed by atoms with Crippen LogP contribution < -0.4 is 0 Å².